The van der Waals surface area contributed by atoms with Crippen molar-refractivity contribution in [1.82, 2.24) is 9.80 Å². The third-order valence-corrected chi connectivity index (χ3v) is 4.05. The number of fused-ring (bicyclic) bond motifs is 1. The summed E-state index contributed by atoms with van der Waals surface area (Å²) in [5.74, 6) is -0.0796. The second-order valence-electron chi connectivity index (χ2n) is 6.37. The summed E-state index contributed by atoms with van der Waals surface area (Å²) in [5.41, 5.74) is 0.915. The van der Waals surface area contributed by atoms with Gasteiger partial charge >= 0.3 is 5.97 Å². The van der Waals surface area contributed by atoms with Crippen molar-refractivity contribution in [2.24, 2.45) is 5.92 Å². The molecule has 1 heterocycles. The molecule has 1 N–H and O–H groups in total. The minimum Gasteiger partial charge on any atom is -0.494 e. The maximum absolute atomic E-state index is 12.8. The van der Waals surface area contributed by atoms with Crippen LogP contribution in [0.25, 0.3) is 0 Å². The molecule has 0 radical (unpaired) electrons. The number of carboxylic acids is 1. The van der Waals surface area contributed by atoms with E-state index in [0.717, 1.165) is 17.1 Å². The highest BCUT2D eigenvalue weighted by atomic mass is 16.5. The average Bonchev–Trinajstić information content (AvgIpc) is 2.57. The number of carbonyl (C=O) groups excluding carboxylic acids is 1. The Morgan fingerprint density at radius 1 is 1.32 bits per heavy atom. The van der Waals surface area contributed by atoms with E-state index in [4.69, 9.17) is 14.6 Å². The zero-order valence-corrected chi connectivity index (χ0v) is 15.0. The third kappa shape index (κ3) is 5.35. The molecule has 0 saturated heterocycles. The molecule has 1 amide bonds. The molecule has 25 heavy (non-hydrogen) atoms. The van der Waals surface area contributed by atoms with Gasteiger partial charge in [0, 0.05) is 13.1 Å². The number of carboxylic acid groups (broad SMARTS) is 1. The lowest BCUT2D eigenvalue weighted by atomic mass is 9.95. The molecule has 1 atom stereocenters. The quantitative estimate of drug-likeness (QED) is 0.757. The predicted molar refractivity (Wildman–Crippen MR) is 93.1 cm³/mol. The highest BCUT2D eigenvalue weighted by Gasteiger charge is 2.30. The van der Waals surface area contributed by atoms with Crippen LogP contribution in [0.4, 0.5) is 0 Å². The molecule has 138 valence electrons. The standard InChI is InChI=1S/C18H26N2O5/c1-4-24-15-5-6-16-13(10-15)9-14(12-25-16)18(23)20(11-17(21)22)8-7-19(2)3/h5-6,10,14H,4,7-9,11-12H2,1-3H3,(H,21,22)/t14-/m0/s1. The molecule has 0 saturated carbocycles. The Labute approximate surface area is 148 Å². The van der Waals surface area contributed by atoms with E-state index in [-0.39, 0.29) is 25.0 Å². The third-order valence-electron chi connectivity index (χ3n) is 4.05. The van der Waals surface area contributed by atoms with E-state index in [1.807, 2.05) is 44.1 Å². The van der Waals surface area contributed by atoms with Crippen LogP contribution in [0.2, 0.25) is 0 Å². The van der Waals surface area contributed by atoms with E-state index in [1.54, 1.807) is 0 Å². The fourth-order valence-electron chi connectivity index (χ4n) is 2.80. The molecule has 7 nitrogen and oxygen atoms in total. The number of amides is 1. The molecule has 0 spiro atoms. The first kappa shape index (κ1) is 19.1. The van der Waals surface area contributed by atoms with E-state index in [1.165, 1.54) is 4.90 Å². The summed E-state index contributed by atoms with van der Waals surface area (Å²) < 4.78 is 11.2. The number of nitrogens with zero attached hydrogens (tertiary/aromatic N) is 2. The number of rotatable bonds is 8. The molecular weight excluding hydrogens is 324 g/mol. The van der Waals surface area contributed by atoms with Crippen LogP contribution in [0, 0.1) is 5.92 Å². The summed E-state index contributed by atoms with van der Waals surface area (Å²) in [6, 6.07) is 5.58. The second kappa shape index (κ2) is 8.71. The van der Waals surface area contributed by atoms with Crippen molar-refractivity contribution in [3.8, 4) is 11.5 Å². The van der Waals surface area contributed by atoms with E-state index in [2.05, 4.69) is 0 Å². The molecule has 0 aliphatic carbocycles. The summed E-state index contributed by atoms with van der Waals surface area (Å²) in [4.78, 5) is 27.2. The Balaban J connectivity index is 2.09. The van der Waals surface area contributed by atoms with Gasteiger partial charge in [-0.1, -0.05) is 0 Å². The summed E-state index contributed by atoms with van der Waals surface area (Å²) in [6.45, 7) is 3.43. The molecule has 1 aromatic rings. The number of likely N-dealkylation sites (N-methyl/N-ethyl adjacent to an activating group) is 1. The van der Waals surface area contributed by atoms with Gasteiger partial charge in [0.05, 0.1) is 12.5 Å². The lowest BCUT2D eigenvalue weighted by Gasteiger charge is -2.30. The predicted octanol–water partition coefficient (Wildman–Crippen LogP) is 1.11. The van der Waals surface area contributed by atoms with E-state index >= 15 is 0 Å². The highest BCUT2D eigenvalue weighted by Crippen LogP contribution is 2.31. The molecule has 0 bridgehead atoms. The van der Waals surface area contributed by atoms with Crippen LogP contribution >= 0.6 is 0 Å². The minimum absolute atomic E-state index is 0.184. The Hall–Kier alpha value is -2.28. The summed E-state index contributed by atoms with van der Waals surface area (Å²) in [7, 11) is 3.78. The first-order valence-electron chi connectivity index (χ1n) is 8.44. The number of hydrogen-bond donors (Lipinski definition) is 1. The first-order chi connectivity index (χ1) is 11.9. The van der Waals surface area contributed by atoms with Gasteiger partial charge in [-0.05, 0) is 51.2 Å². The van der Waals surface area contributed by atoms with Gasteiger partial charge in [0.15, 0.2) is 0 Å². The van der Waals surface area contributed by atoms with Gasteiger partial charge in [-0.25, -0.2) is 0 Å². The molecule has 7 heteroatoms. The lowest BCUT2D eigenvalue weighted by Crippen LogP contribution is -2.45. The fourth-order valence-corrected chi connectivity index (χ4v) is 2.80. The van der Waals surface area contributed by atoms with E-state index in [0.29, 0.717) is 26.1 Å². The average molecular weight is 350 g/mol. The molecular formula is C18H26N2O5. The van der Waals surface area contributed by atoms with Gasteiger partial charge < -0.3 is 24.4 Å². The normalized spacial score (nSPS) is 16.1. The zero-order chi connectivity index (χ0) is 18.4. The van der Waals surface area contributed by atoms with Gasteiger partial charge in [-0.2, -0.15) is 0 Å². The molecule has 0 fully saturated rings. The van der Waals surface area contributed by atoms with E-state index in [9.17, 15) is 9.59 Å². The monoisotopic (exact) mass is 350 g/mol. The molecule has 1 aromatic carbocycles. The van der Waals surface area contributed by atoms with Crippen molar-refractivity contribution in [3.63, 3.8) is 0 Å². The van der Waals surface area contributed by atoms with Crippen LogP contribution < -0.4 is 9.47 Å². The van der Waals surface area contributed by atoms with Crippen molar-refractivity contribution in [2.45, 2.75) is 13.3 Å². The fraction of sp³-hybridized carbons (Fsp3) is 0.556. The van der Waals surface area contributed by atoms with Crippen molar-refractivity contribution in [3.05, 3.63) is 23.8 Å². The molecule has 1 aliphatic heterocycles. The van der Waals surface area contributed by atoms with Crippen LogP contribution in [0.3, 0.4) is 0 Å². The molecule has 0 unspecified atom stereocenters. The van der Waals surface area contributed by atoms with Gasteiger partial charge in [-0.3, -0.25) is 9.59 Å². The maximum Gasteiger partial charge on any atom is 0.323 e. The molecule has 0 aromatic heterocycles. The van der Waals surface area contributed by atoms with Crippen molar-refractivity contribution in [1.29, 1.82) is 0 Å². The van der Waals surface area contributed by atoms with E-state index < -0.39 is 5.97 Å². The summed E-state index contributed by atoms with van der Waals surface area (Å²) in [5, 5.41) is 9.09. The second-order valence-corrected chi connectivity index (χ2v) is 6.37. The Morgan fingerprint density at radius 2 is 2.08 bits per heavy atom. The summed E-state index contributed by atoms with van der Waals surface area (Å²) >= 11 is 0. The number of ether oxygens (including phenoxy) is 2. The smallest absolute Gasteiger partial charge is 0.323 e. The molecule has 1 aliphatic rings. The highest BCUT2D eigenvalue weighted by molar-refractivity contribution is 5.83. The SMILES string of the molecule is CCOc1ccc2c(c1)C[C@H](C(=O)N(CCN(C)C)CC(=O)O)CO2. The molecule has 2 rings (SSSR count). The summed E-state index contributed by atoms with van der Waals surface area (Å²) in [6.07, 6.45) is 0.521. The van der Waals surface area contributed by atoms with Gasteiger partial charge in [0.2, 0.25) is 5.91 Å². The Kier molecular flexibility index (Phi) is 6.64. The maximum atomic E-state index is 12.8. The number of carbonyl (C=O) groups is 2. The van der Waals surface area contributed by atoms with Crippen molar-refractivity contribution in [2.75, 3.05) is 46.9 Å². The number of hydrogen-bond acceptors (Lipinski definition) is 5. The topological polar surface area (TPSA) is 79.3 Å². The van der Waals surface area contributed by atoms with Gasteiger partial charge in [-0.15, -0.1) is 0 Å². The van der Waals surface area contributed by atoms with Crippen molar-refractivity contribution < 1.29 is 24.2 Å². The largest absolute Gasteiger partial charge is 0.494 e. The number of benzene rings is 1. The van der Waals surface area contributed by atoms with Crippen LogP contribution in [0.1, 0.15) is 12.5 Å². The number of aliphatic carboxylic acids is 1. The Morgan fingerprint density at radius 3 is 2.72 bits per heavy atom. The first-order valence-corrected chi connectivity index (χ1v) is 8.44. The van der Waals surface area contributed by atoms with Crippen LogP contribution in [0.15, 0.2) is 18.2 Å². The van der Waals surface area contributed by atoms with Gasteiger partial charge in [0.25, 0.3) is 0 Å². The van der Waals surface area contributed by atoms with Crippen LogP contribution in [-0.2, 0) is 16.0 Å². The van der Waals surface area contributed by atoms with Crippen LogP contribution in [-0.4, -0.2) is 73.7 Å². The van der Waals surface area contributed by atoms with Gasteiger partial charge in [0.1, 0.15) is 24.7 Å². The minimum atomic E-state index is -1.01. The van der Waals surface area contributed by atoms with Crippen molar-refractivity contribution >= 4 is 11.9 Å². The van der Waals surface area contributed by atoms with Crippen LogP contribution in [0.5, 0.6) is 11.5 Å². The zero-order valence-electron chi connectivity index (χ0n) is 15.0. The lowest BCUT2D eigenvalue weighted by molar-refractivity contribution is -0.147. The Bertz CT molecular complexity index is 617.